The molecule has 0 saturated carbocycles. The highest BCUT2D eigenvalue weighted by Gasteiger charge is 2.48. The van der Waals surface area contributed by atoms with Crippen LogP contribution in [0.2, 0.25) is 0 Å². The first-order valence-corrected chi connectivity index (χ1v) is 9.15. The van der Waals surface area contributed by atoms with Crippen LogP contribution in [-0.2, 0) is 25.5 Å². The summed E-state index contributed by atoms with van der Waals surface area (Å²) in [5, 5.41) is 11.1. The average Bonchev–Trinajstić information content (AvgIpc) is 2.67. The van der Waals surface area contributed by atoms with E-state index in [1.54, 1.807) is 19.9 Å². The third kappa shape index (κ3) is 4.95. The molecule has 0 bridgehead atoms. The molecule has 144 valence electrons. The molecule has 2 aromatic carbocycles. The van der Waals surface area contributed by atoms with Gasteiger partial charge in [-0.1, -0.05) is 54.6 Å². The van der Waals surface area contributed by atoms with E-state index in [0.29, 0.717) is 0 Å². The van der Waals surface area contributed by atoms with Crippen molar-refractivity contribution in [3.8, 4) is 0 Å². The number of fused-ring (bicyclic) bond motifs is 1. The van der Waals surface area contributed by atoms with Gasteiger partial charge in [-0.3, -0.25) is 9.59 Å². The summed E-state index contributed by atoms with van der Waals surface area (Å²) in [6, 6.07) is 13.7. The first kappa shape index (κ1) is 20.6. The van der Waals surface area contributed by atoms with Gasteiger partial charge in [0.2, 0.25) is 0 Å². The molecule has 2 aromatic rings. The fourth-order valence-corrected chi connectivity index (χ4v) is 3.06. The van der Waals surface area contributed by atoms with Gasteiger partial charge in [0.25, 0.3) is 0 Å². The third-order valence-corrected chi connectivity index (χ3v) is 4.39. The highest BCUT2D eigenvalue weighted by molar-refractivity contribution is 6.00. The molecule has 1 N–H and O–H groups in total. The van der Waals surface area contributed by atoms with Crippen molar-refractivity contribution >= 4 is 22.7 Å². The van der Waals surface area contributed by atoms with Gasteiger partial charge in [-0.2, -0.15) is 0 Å². The molecule has 0 aromatic heterocycles. The van der Waals surface area contributed by atoms with E-state index >= 15 is 0 Å². The van der Waals surface area contributed by atoms with Crippen molar-refractivity contribution in [1.29, 1.82) is 0 Å². The summed E-state index contributed by atoms with van der Waals surface area (Å²) in [6.07, 6.45) is 3.38. The molecule has 0 radical (unpaired) electrons. The highest BCUT2D eigenvalue weighted by Crippen LogP contribution is 2.33. The van der Waals surface area contributed by atoms with Crippen molar-refractivity contribution in [1.82, 2.24) is 0 Å². The second kappa shape index (κ2) is 9.88. The third-order valence-electron chi connectivity index (χ3n) is 4.39. The second-order valence-electron chi connectivity index (χ2n) is 6.24. The Balaban J connectivity index is 2.47. The van der Waals surface area contributed by atoms with Crippen LogP contribution in [0.15, 0.2) is 54.6 Å². The predicted octanol–water partition coefficient (Wildman–Crippen LogP) is 3.43. The largest absolute Gasteiger partial charge is 0.465 e. The average molecular weight is 370 g/mol. The molecular formula is C22H26O5. The maximum atomic E-state index is 12.8. The van der Waals surface area contributed by atoms with Gasteiger partial charge in [0.05, 0.1) is 19.8 Å². The number of carbonyl (C=O) groups excluding carboxylic acids is 2. The Morgan fingerprint density at radius 3 is 2.19 bits per heavy atom. The minimum Gasteiger partial charge on any atom is -0.465 e. The zero-order valence-corrected chi connectivity index (χ0v) is 15.8. The Bertz CT molecular complexity index is 791. The lowest BCUT2D eigenvalue weighted by atomic mass is 9.78. The molecule has 2 rings (SSSR count). The van der Waals surface area contributed by atoms with Crippen molar-refractivity contribution < 1.29 is 24.2 Å². The van der Waals surface area contributed by atoms with Gasteiger partial charge in [-0.25, -0.2) is 0 Å². The first-order chi connectivity index (χ1) is 13.1. The van der Waals surface area contributed by atoms with E-state index in [2.05, 4.69) is 0 Å². The van der Waals surface area contributed by atoms with Crippen molar-refractivity contribution in [2.24, 2.45) is 5.41 Å². The minimum absolute atomic E-state index is 0.0953. The molecule has 0 aliphatic rings. The lowest BCUT2D eigenvalue weighted by Gasteiger charge is -2.28. The van der Waals surface area contributed by atoms with Crippen molar-refractivity contribution in [3.05, 3.63) is 60.2 Å². The number of hydrogen-bond donors (Lipinski definition) is 1. The number of hydrogen-bond acceptors (Lipinski definition) is 5. The quantitative estimate of drug-likeness (QED) is 0.416. The van der Waals surface area contributed by atoms with Gasteiger partial charge in [0.1, 0.15) is 0 Å². The smallest absolute Gasteiger partial charge is 0.324 e. The molecule has 0 spiro atoms. The summed E-state index contributed by atoms with van der Waals surface area (Å²) in [6.45, 7) is 3.57. The molecule has 0 aliphatic heterocycles. The van der Waals surface area contributed by atoms with E-state index in [0.717, 1.165) is 16.3 Å². The van der Waals surface area contributed by atoms with Crippen LogP contribution in [0.4, 0.5) is 0 Å². The lowest BCUT2D eigenvalue weighted by Crippen LogP contribution is -2.43. The zero-order chi connectivity index (χ0) is 19.7. The fraction of sp³-hybridized carbons (Fsp3) is 0.364. The molecule has 27 heavy (non-hydrogen) atoms. The number of ether oxygens (including phenoxy) is 2. The molecule has 0 fully saturated rings. The number of allylic oxidation sites excluding steroid dienone is 1. The van der Waals surface area contributed by atoms with E-state index in [9.17, 15) is 9.59 Å². The molecular weight excluding hydrogens is 344 g/mol. The zero-order valence-electron chi connectivity index (χ0n) is 15.8. The van der Waals surface area contributed by atoms with Gasteiger partial charge in [-0.05, 0) is 43.0 Å². The molecule has 0 atom stereocenters. The summed E-state index contributed by atoms with van der Waals surface area (Å²) < 4.78 is 10.5. The summed E-state index contributed by atoms with van der Waals surface area (Å²) >= 11 is 0. The van der Waals surface area contributed by atoms with Gasteiger partial charge in [0.15, 0.2) is 5.41 Å². The van der Waals surface area contributed by atoms with Crippen LogP contribution in [0.1, 0.15) is 25.8 Å². The number of aliphatic hydroxyl groups is 1. The molecule has 5 heteroatoms. The van der Waals surface area contributed by atoms with E-state index in [1.165, 1.54) is 6.08 Å². The van der Waals surface area contributed by atoms with Crippen LogP contribution in [0.3, 0.4) is 0 Å². The summed E-state index contributed by atoms with van der Waals surface area (Å²) in [4.78, 5) is 25.6. The number of aliphatic hydroxyl groups excluding tert-OH is 1. The Labute approximate surface area is 159 Å². The van der Waals surface area contributed by atoms with Crippen LogP contribution in [0.25, 0.3) is 10.8 Å². The second-order valence-corrected chi connectivity index (χ2v) is 6.24. The first-order valence-electron chi connectivity index (χ1n) is 9.15. The van der Waals surface area contributed by atoms with Crippen LogP contribution < -0.4 is 0 Å². The van der Waals surface area contributed by atoms with E-state index in [-0.39, 0.29) is 32.7 Å². The predicted molar refractivity (Wildman–Crippen MR) is 104 cm³/mol. The monoisotopic (exact) mass is 370 g/mol. The molecule has 5 nitrogen and oxygen atoms in total. The van der Waals surface area contributed by atoms with E-state index < -0.39 is 17.4 Å². The standard InChI is InChI=1S/C22H26O5/c1-3-26-20(24)22(13-7-8-14-23,21(25)27-4-2)16-17-11-12-18-9-5-6-10-19(18)15-17/h5-12,15,23H,3-4,13-14,16H2,1-2H3/b8-7+. The maximum Gasteiger partial charge on any atom is 0.324 e. The van der Waals surface area contributed by atoms with Gasteiger partial charge >= 0.3 is 11.9 Å². The van der Waals surface area contributed by atoms with E-state index in [1.807, 2.05) is 42.5 Å². The van der Waals surface area contributed by atoms with Crippen LogP contribution in [0.5, 0.6) is 0 Å². The number of carbonyl (C=O) groups is 2. The summed E-state index contributed by atoms with van der Waals surface area (Å²) in [5.74, 6) is -1.22. The van der Waals surface area contributed by atoms with Gasteiger partial charge in [0, 0.05) is 0 Å². The number of rotatable bonds is 9. The lowest BCUT2D eigenvalue weighted by molar-refractivity contribution is -0.171. The van der Waals surface area contributed by atoms with Crippen LogP contribution in [0, 0.1) is 5.41 Å². The van der Waals surface area contributed by atoms with Gasteiger partial charge < -0.3 is 14.6 Å². The van der Waals surface area contributed by atoms with Crippen molar-refractivity contribution in [3.63, 3.8) is 0 Å². The Hall–Kier alpha value is -2.66. The van der Waals surface area contributed by atoms with Crippen molar-refractivity contribution in [2.45, 2.75) is 26.7 Å². The van der Waals surface area contributed by atoms with E-state index in [4.69, 9.17) is 14.6 Å². The topological polar surface area (TPSA) is 72.8 Å². The van der Waals surface area contributed by atoms with Crippen LogP contribution >= 0.6 is 0 Å². The molecule has 0 unspecified atom stereocenters. The SMILES string of the molecule is CCOC(=O)C(C/C=C/CO)(Cc1ccc2ccccc2c1)C(=O)OCC. The van der Waals surface area contributed by atoms with Crippen molar-refractivity contribution in [2.75, 3.05) is 19.8 Å². The highest BCUT2D eigenvalue weighted by atomic mass is 16.6. The maximum absolute atomic E-state index is 12.8. The molecule has 0 saturated heterocycles. The fourth-order valence-electron chi connectivity index (χ4n) is 3.06. The Kier molecular flexibility index (Phi) is 7.55. The Morgan fingerprint density at radius 2 is 1.59 bits per heavy atom. The van der Waals surface area contributed by atoms with Crippen LogP contribution in [-0.4, -0.2) is 36.9 Å². The Morgan fingerprint density at radius 1 is 0.963 bits per heavy atom. The summed E-state index contributed by atoms with van der Waals surface area (Å²) in [5.41, 5.74) is -0.646. The minimum atomic E-state index is -1.49. The molecule has 0 heterocycles. The normalized spacial score (nSPS) is 11.7. The number of esters is 2. The van der Waals surface area contributed by atoms with Gasteiger partial charge in [-0.15, -0.1) is 0 Å². The summed E-state index contributed by atoms with van der Waals surface area (Å²) in [7, 11) is 0. The number of benzene rings is 2. The molecule has 0 aliphatic carbocycles. The molecule has 0 amide bonds.